The van der Waals surface area contributed by atoms with E-state index in [1.54, 1.807) is 6.92 Å². The number of aliphatic hydroxyl groups is 1. The number of carbonyl (C=O) groups is 1. The Morgan fingerprint density at radius 3 is 2.36 bits per heavy atom. The number of alkyl halides is 3. The van der Waals surface area contributed by atoms with E-state index in [2.05, 4.69) is 4.72 Å². The minimum Gasteiger partial charge on any atom is -0.497 e. The van der Waals surface area contributed by atoms with Crippen LogP contribution < -0.4 is 14.2 Å². The van der Waals surface area contributed by atoms with Crippen molar-refractivity contribution in [1.29, 1.82) is 0 Å². The first-order chi connectivity index (χ1) is 20.7. The zero-order valence-corrected chi connectivity index (χ0v) is 25.7. The largest absolute Gasteiger partial charge is 0.497 e. The highest BCUT2D eigenvalue weighted by Gasteiger charge is 2.34. The van der Waals surface area contributed by atoms with Crippen molar-refractivity contribution >= 4 is 21.6 Å². The van der Waals surface area contributed by atoms with Crippen LogP contribution in [0.2, 0.25) is 0 Å². The van der Waals surface area contributed by atoms with Crippen molar-refractivity contribution in [1.82, 2.24) is 9.80 Å². The Labute approximate surface area is 255 Å². The van der Waals surface area contributed by atoms with Gasteiger partial charge in [-0.1, -0.05) is 19.1 Å². The zero-order chi connectivity index (χ0) is 32.2. The number of nitrogens with one attached hydrogen (secondary N) is 1. The van der Waals surface area contributed by atoms with Crippen LogP contribution in [0.3, 0.4) is 0 Å². The molecule has 0 fully saturated rings. The number of carbonyl (C=O) groups excluding carboxylic acids is 1. The molecular weight excluding hydrogens is 599 g/mol. The molecule has 3 aromatic rings. The first-order valence-electron chi connectivity index (χ1n) is 14.0. The Bertz CT molecular complexity index is 1550. The van der Waals surface area contributed by atoms with Crippen molar-refractivity contribution < 1.29 is 41.0 Å². The lowest BCUT2D eigenvalue weighted by Crippen LogP contribution is -2.49. The van der Waals surface area contributed by atoms with Crippen molar-refractivity contribution in [3.05, 3.63) is 83.4 Å². The first-order valence-corrected chi connectivity index (χ1v) is 15.4. The highest BCUT2D eigenvalue weighted by atomic mass is 32.2. The van der Waals surface area contributed by atoms with Crippen LogP contribution in [0, 0.1) is 5.92 Å². The third kappa shape index (κ3) is 7.82. The number of methoxy groups -OCH3 is 1. The van der Waals surface area contributed by atoms with E-state index >= 15 is 0 Å². The number of nitrogens with zero attached hydrogens (tertiary/aromatic N) is 2. The molecule has 4 rings (SSSR count). The van der Waals surface area contributed by atoms with Gasteiger partial charge in [-0.15, -0.1) is 0 Å². The summed E-state index contributed by atoms with van der Waals surface area (Å²) in [5, 5.41) is 9.91. The molecular formula is C31H36F3N3O6S. The second-order valence-corrected chi connectivity index (χ2v) is 12.7. The van der Waals surface area contributed by atoms with Gasteiger partial charge < -0.3 is 19.5 Å². The molecule has 0 saturated carbocycles. The molecule has 3 atom stereocenters. The lowest BCUT2D eigenvalue weighted by atomic mass is 9.99. The van der Waals surface area contributed by atoms with E-state index in [4.69, 9.17) is 9.47 Å². The number of halogens is 3. The van der Waals surface area contributed by atoms with E-state index < -0.39 is 39.8 Å². The van der Waals surface area contributed by atoms with Gasteiger partial charge in [-0.05, 0) is 74.1 Å². The maximum Gasteiger partial charge on any atom is 0.416 e. The highest BCUT2D eigenvalue weighted by Crippen LogP contribution is 2.32. The summed E-state index contributed by atoms with van der Waals surface area (Å²) in [5.41, 5.74) is 0.255. The second-order valence-electron chi connectivity index (χ2n) is 11.0. The SMILES string of the molecule is COc1ccc(S(=O)(=O)Nc2ccc3c(c2)C(=O)N([C@H](C)CO)C[C@H](C)[C@@H](CN(C)Cc2ccc(C(F)(F)F)cc2)O3)cc1. The van der Waals surface area contributed by atoms with Crippen molar-refractivity contribution in [2.24, 2.45) is 5.92 Å². The molecule has 2 N–H and O–H groups in total. The summed E-state index contributed by atoms with van der Waals surface area (Å²) in [7, 11) is -0.692. The number of ether oxygens (including phenoxy) is 2. The zero-order valence-electron chi connectivity index (χ0n) is 24.8. The van der Waals surface area contributed by atoms with Crippen LogP contribution in [0.1, 0.15) is 35.3 Å². The summed E-state index contributed by atoms with van der Waals surface area (Å²) in [4.78, 5) is 17.2. The maximum absolute atomic E-state index is 13.7. The molecule has 44 heavy (non-hydrogen) atoms. The summed E-state index contributed by atoms with van der Waals surface area (Å²) in [5.74, 6) is 0.136. The van der Waals surface area contributed by atoms with Gasteiger partial charge >= 0.3 is 6.18 Å². The Hall–Kier alpha value is -3.81. The van der Waals surface area contributed by atoms with Crippen LogP contribution in [0.15, 0.2) is 71.6 Å². The molecule has 13 heteroatoms. The van der Waals surface area contributed by atoms with Gasteiger partial charge in [0.2, 0.25) is 0 Å². The van der Waals surface area contributed by atoms with Crippen LogP contribution >= 0.6 is 0 Å². The van der Waals surface area contributed by atoms with Crippen LogP contribution in [-0.4, -0.2) is 75.2 Å². The van der Waals surface area contributed by atoms with Gasteiger partial charge in [0.15, 0.2) is 0 Å². The molecule has 0 aliphatic carbocycles. The third-order valence-electron chi connectivity index (χ3n) is 7.51. The van der Waals surface area contributed by atoms with Crippen LogP contribution in [0.4, 0.5) is 18.9 Å². The number of hydrogen-bond acceptors (Lipinski definition) is 7. The Kier molecular flexibility index (Phi) is 10.1. The first kappa shape index (κ1) is 33.1. The average molecular weight is 636 g/mol. The molecule has 9 nitrogen and oxygen atoms in total. The number of benzene rings is 3. The number of likely N-dealkylation sites (N-methyl/N-ethyl adjacent to an activating group) is 1. The number of anilines is 1. The maximum atomic E-state index is 13.7. The fourth-order valence-corrected chi connectivity index (χ4v) is 6.00. The van der Waals surface area contributed by atoms with Gasteiger partial charge in [0.05, 0.1) is 35.8 Å². The smallest absolute Gasteiger partial charge is 0.416 e. The van der Waals surface area contributed by atoms with Gasteiger partial charge in [0.1, 0.15) is 17.6 Å². The monoisotopic (exact) mass is 635 g/mol. The number of rotatable bonds is 10. The number of hydrogen-bond donors (Lipinski definition) is 2. The molecule has 0 saturated heterocycles. The average Bonchev–Trinajstić information content (AvgIpc) is 2.98. The summed E-state index contributed by atoms with van der Waals surface area (Å²) in [6.07, 6.45) is -4.86. The van der Waals surface area contributed by atoms with Gasteiger partial charge in [-0.2, -0.15) is 13.2 Å². The van der Waals surface area contributed by atoms with Gasteiger partial charge in [-0.25, -0.2) is 8.42 Å². The minimum absolute atomic E-state index is 0.00752. The van der Waals surface area contributed by atoms with Crippen LogP contribution in [0.5, 0.6) is 11.5 Å². The molecule has 1 aliphatic rings. The molecule has 0 spiro atoms. The van der Waals surface area contributed by atoms with Crippen molar-refractivity contribution in [2.45, 2.75) is 43.6 Å². The number of aliphatic hydroxyl groups excluding tert-OH is 1. The molecule has 1 heterocycles. The molecule has 0 unspecified atom stereocenters. The Morgan fingerprint density at radius 2 is 1.77 bits per heavy atom. The predicted molar refractivity (Wildman–Crippen MR) is 159 cm³/mol. The summed E-state index contributed by atoms with van der Waals surface area (Å²) in [6, 6.07) is 14.8. The highest BCUT2D eigenvalue weighted by molar-refractivity contribution is 7.92. The number of sulfonamides is 1. The number of amides is 1. The third-order valence-corrected chi connectivity index (χ3v) is 8.91. The molecule has 0 aromatic heterocycles. The lowest BCUT2D eigenvalue weighted by Gasteiger charge is -2.38. The normalized spacial score (nSPS) is 18.2. The van der Waals surface area contributed by atoms with Crippen molar-refractivity contribution in [2.75, 3.05) is 38.6 Å². The molecule has 0 radical (unpaired) electrons. The summed E-state index contributed by atoms with van der Waals surface area (Å²) < 4.78 is 79.0. The summed E-state index contributed by atoms with van der Waals surface area (Å²) in [6.45, 7) is 4.35. The quantitative estimate of drug-likeness (QED) is 0.328. The van der Waals surface area contributed by atoms with E-state index in [1.807, 2.05) is 18.9 Å². The fraction of sp³-hybridized carbons (Fsp3) is 0.387. The number of fused-ring (bicyclic) bond motifs is 1. The lowest BCUT2D eigenvalue weighted by molar-refractivity contribution is -0.137. The van der Waals surface area contributed by atoms with E-state index in [9.17, 15) is 31.5 Å². The molecule has 1 amide bonds. The topological polar surface area (TPSA) is 108 Å². The molecule has 1 aliphatic heterocycles. The summed E-state index contributed by atoms with van der Waals surface area (Å²) >= 11 is 0. The Balaban J connectivity index is 1.59. The molecule has 0 bridgehead atoms. The van der Waals surface area contributed by atoms with E-state index in [-0.39, 0.29) is 41.0 Å². The van der Waals surface area contributed by atoms with Gasteiger partial charge in [-0.3, -0.25) is 14.4 Å². The molecule has 3 aromatic carbocycles. The standard InChI is InChI=1S/C31H36F3N3O6S/c1-20-16-37(21(2)19-38)30(39)27-15-24(35-44(40,41)26-12-10-25(42-4)11-13-26)9-14-28(27)43-29(20)18-36(3)17-22-5-7-23(8-6-22)31(32,33)34/h5-15,20-21,29,35,38H,16-19H2,1-4H3/t20-,21+,29+/m0/s1. The van der Waals surface area contributed by atoms with Crippen molar-refractivity contribution in [3.8, 4) is 11.5 Å². The van der Waals surface area contributed by atoms with E-state index in [0.29, 0.717) is 24.4 Å². The Morgan fingerprint density at radius 1 is 1.11 bits per heavy atom. The van der Waals surface area contributed by atoms with E-state index in [0.717, 1.165) is 12.1 Å². The second kappa shape index (κ2) is 13.4. The predicted octanol–water partition coefficient (Wildman–Crippen LogP) is 4.87. The van der Waals surface area contributed by atoms with Gasteiger partial charge in [0, 0.05) is 31.2 Å². The van der Waals surface area contributed by atoms with Crippen molar-refractivity contribution in [3.63, 3.8) is 0 Å². The minimum atomic E-state index is -4.41. The van der Waals surface area contributed by atoms with Crippen LogP contribution in [0.25, 0.3) is 0 Å². The van der Waals surface area contributed by atoms with Crippen LogP contribution in [-0.2, 0) is 22.7 Å². The van der Waals surface area contributed by atoms with Gasteiger partial charge in [0.25, 0.3) is 15.9 Å². The fourth-order valence-electron chi connectivity index (χ4n) is 4.96. The molecule has 238 valence electrons. The van der Waals surface area contributed by atoms with E-state index in [1.165, 1.54) is 66.6 Å².